The third kappa shape index (κ3) is 2.25. The van der Waals surface area contributed by atoms with Gasteiger partial charge in [0.2, 0.25) is 0 Å². The van der Waals surface area contributed by atoms with Crippen molar-refractivity contribution in [3.8, 4) is 0 Å². The first-order chi connectivity index (χ1) is 9.80. The lowest BCUT2D eigenvalue weighted by molar-refractivity contribution is -0.137. The maximum atomic E-state index is 12.8. The van der Waals surface area contributed by atoms with Crippen LogP contribution in [0.25, 0.3) is 12.2 Å². The predicted octanol–water partition coefficient (Wildman–Crippen LogP) is 4.65. The van der Waals surface area contributed by atoms with E-state index in [1.165, 1.54) is 6.08 Å². The van der Waals surface area contributed by atoms with Gasteiger partial charge in [0, 0.05) is 0 Å². The Morgan fingerprint density at radius 1 is 0.905 bits per heavy atom. The van der Waals surface area contributed by atoms with Crippen LogP contribution in [0, 0.1) is 4.78 Å². The van der Waals surface area contributed by atoms with Crippen LogP contribution in [0.5, 0.6) is 0 Å². The minimum atomic E-state index is -4.47. The molecule has 2 nitrogen and oxygen atoms in total. The predicted molar refractivity (Wildman–Crippen MR) is 74.2 cm³/mol. The summed E-state index contributed by atoms with van der Waals surface area (Å²) in [5.41, 5.74) is -0.0599. The summed E-state index contributed by atoms with van der Waals surface area (Å²) in [4.78, 5) is 0.427. The Morgan fingerprint density at radius 2 is 1.52 bits per heavy atom. The van der Waals surface area contributed by atoms with Crippen LogP contribution in [0.3, 0.4) is 0 Å². The van der Waals surface area contributed by atoms with Crippen LogP contribution >= 0.6 is 0 Å². The van der Waals surface area contributed by atoms with Crippen molar-refractivity contribution in [2.75, 3.05) is 0 Å². The molecule has 6 heteroatoms. The van der Waals surface area contributed by atoms with Gasteiger partial charge in [-0.2, -0.15) is 13.2 Å². The Morgan fingerprint density at radius 3 is 2.24 bits per heavy atom. The summed E-state index contributed by atoms with van der Waals surface area (Å²) in [6, 6.07) is 9.60. The second-order valence-corrected chi connectivity index (χ2v) is 6.67. The number of benzene rings is 2. The molecule has 21 heavy (non-hydrogen) atoms. The van der Waals surface area contributed by atoms with Crippen molar-refractivity contribution < 1.29 is 17.4 Å². The molecule has 0 aliphatic carbocycles. The molecule has 0 aromatic heterocycles. The zero-order valence-electron chi connectivity index (χ0n) is 10.6. The number of nitrogens with one attached hydrogen (secondary N) is 1. The maximum absolute atomic E-state index is 12.8. The van der Waals surface area contributed by atoms with E-state index < -0.39 is 21.5 Å². The summed E-state index contributed by atoms with van der Waals surface area (Å²) in [5, 5.41) is 0. The Kier molecular flexibility index (Phi) is 2.95. The van der Waals surface area contributed by atoms with Crippen LogP contribution in [-0.4, -0.2) is 4.21 Å². The van der Waals surface area contributed by atoms with Gasteiger partial charge < -0.3 is 0 Å². The third-order valence-electron chi connectivity index (χ3n) is 3.32. The highest BCUT2D eigenvalue weighted by molar-refractivity contribution is 7.92. The van der Waals surface area contributed by atoms with Gasteiger partial charge in [0.05, 0.1) is 15.4 Å². The van der Waals surface area contributed by atoms with E-state index in [1.54, 1.807) is 30.3 Å². The molecule has 1 N–H and O–H groups in total. The molecule has 1 unspecified atom stereocenters. The van der Waals surface area contributed by atoms with Gasteiger partial charge in [-0.3, -0.25) is 0 Å². The topological polar surface area (TPSA) is 40.9 Å². The molecule has 0 spiro atoms. The normalized spacial score (nSPS) is 20.5. The monoisotopic (exact) mass is 309 g/mol. The summed E-state index contributed by atoms with van der Waals surface area (Å²) in [5.74, 6) is 0. The zero-order chi connectivity index (χ0) is 15.3. The molecular weight excluding hydrogens is 299 g/mol. The van der Waals surface area contributed by atoms with E-state index in [-0.39, 0.29) is 10.5 Å². The van der Waals surface area contributed by atoms with E-state index in [0.717, 1.165) is 18.2 Å². The lowest BCUT2D eigenvalue weighted by atomic mass is 10.1. The van der Waals surface area contributed by atoms with E-state index >= 15 is 0 Å². The summed E-state index contributed by atoms with van der Waals surface area (Å²) in [7, 11) is -3.33. The van der Waals surface area contributed by atoms with Gasteiger partial charge in [-0.05, 0) is 35.4 Å². The molecule has 0 saturated carbocycles. The minimum absolute atomic E-state index is 0.108. The summed E-state index contributed by atoms with van der Waals surface area (Å²) in [6.45, 7) is 0. The molecule has 0 bridgehead atoms. The van der Waals surface area contributed by atoms with Gasteiger partial charge in [0.25, 0.3) is 0 Å². The van der Waals surface area contributed by atoms with Gasteiger partial charge in [0.1, 0.15) is 9.73 Å². The third-order valence-corrected chi connectivity index (χ3v) is 5.30. The molecule has 0 radical (unpaired) electrons. The first kappa shape index (κ1) is 13.9. The SMILES string of the molecule is N=S1(=O)c2ccccc2C=Cc2cc(C(F)(F)F)ccc21. The summed E-state index contributed by atoms with van der Waals surface area (Å²) < 4.78 is 59.3. The van der Waals surface area contributed by atoms with Crippen LogP contribution in [0.2, 0.25) is 0 Å². The highest BCUT2D eigenvalue weighted by atomic mass is 32.2. The summed E-state index contributed by atoms with van der Waals surface area (Å²) in [6.07, 6.45) is -1.40. The number of hydrogen-bond donors (Lipinski definition) is 1. The van der Waals surface area contributed by atoms with Gasteiger partial charge >= 0.3 is 6.18 Å². The smallest absolute Gasteiger partial charge is 0.245 e. The average Bonchev–Trinajstić information content (AvgIpc) is 2.54. The number of hydrogen-bond acceptors (Lipinski definition) is 2. The first-order valence-electron chi connectivity index (χ1n) is 6.07. The largest absolute Gasteiger partial charge is 0.416 e. The number of halogens is 3. The fourth-order valence-electron chi connectivity index (χ4n) is 2.29. The van der Waals surface area contributed by atoms with Crippen molar-refractivity contribution in [2.24, 2.45) is 0 Å². The molecule has 0 amide bonds. The number of alkyl halides is 3. The molecule has 1 atom stereocenters. The molecule has 108 valence electrons. The highest BCUT2D eigenvalue weighted by Gasteiger charge is 2.32. The Bertz CT molecular complexity index is 851. The Hall–Kier alpha value is -2.08. The molecule has 2 aromatic rings. The van der Waals surface area contributed by atoms with Crippen molar-refractivity contribution in [1.82, 2.24) is 0 Å². The molecule has 1 aliphatic rings. The van der Waals surface area contributed by atoms with Crippen LogP contribution in [-0.2, 0) is 15.9 Å². The number of fused-ring (bicyclic) bond motifs is 2. The van der Waals surface area contributed by atoms with E-state index in [9.17, 15) is 17.4 Å². The lowest BCUT2D eigenvalue weighted by Crippen LogP contribution is -2.08. The Labute approximate surface area is 119 Å². The molecule has 0 fully saturated rings. The Balaban J connectivity index is 2.30. The van der Waals surface area contributed by atoms with Crippen molar-refractivity contribution >= 4 is 21.9 Å². The van der Waals surface area contributed by atoms with Gasteiger partial charge in [-0.1, -0.05) is 30.4 Å². The van der Waals surface area contributed by atoms with E-state index in [4.69, 9.17) is 4.78 Å². The van der Waals surface area contributed by atoms with Crippen molar-refractivity contribution in [3.63, 3.8) is 0 Å². The van der Waals surface area contributed by atoms with E-state index in [1.807, 2.05) is 0 Å². The maximum Gasteiger partial charge on any atom is 0.416 e. The van der Waals surface area contributed by atoms with Gasteiger partial charge in [-0.25, -0.2) is 8.99 Å². The molecular formula is C15H10F3NOS. The molecule has 1 aliphatic heterocycles. The average molecular weight is 309 g/mol. The zero-order valence-corrected chi connectivity index (χ0v) is 11.5. The summed E-state index contributed by atoms with van der Waals surface area (Å²) >= 11 is 0. The number of rotatable bonds is 0. The van der Waals surface area contributed by atoms with Crippen LogP contribution < -0.4 is 0 Å². The van der Waals surface area contributed by atoms with Crippen molar-refractivity contribution in [3.05, 3.63) is 59.2 Å². The van der Waals surface area contributed by atoms with E-state index in [2.05, 4.69) is 0 Å². The van der Waals surface area contributed by atoms with Crippen LogP contribution in [0.4, 0.5) is 13.2 Å². The minimum Gasteiger partial charge on any atom is -0.245 e. The second kappa shape index (κ2) is 4.46. The van der Waals surface area contributed by atoms with Crippen LogP contribution in [0.15, 0.2) is 52.3 Å². The first-order valence-corrected chi connectivity index (χ1v) is 7.63. The quantitative estimate of drug-likeness (QED) is 0.645. The molecule has 2 aromatic carbocycles. The van der Waals surface area contributed by atoms with E-state index in [0.29, 0.717) is 10.5 Å². The van der Waals surface area contributed by atoms with Gasteiger partial charge in [-0.15, -0.1) is 0 Å². The van der Waals surface area contributed by atoms with Crippen molar-refractivity contribution in [1.29, 1.82) is 4.78 Å². The second-order valence-electron chi connectivity index (χ2n) is 4.68. The molecule has 1 heterocycles. The standard InChI is InChI=1S/C15H10F3NOS/c16-15(17,18)12-7-8-14-11(9-12)6-5-10-3-1-2-4-13(10)21(14,19)20/h1-9,19H. The fraction of sp³-hybridized carbons (Fsp3) is 0.0667. The molecule has 0 saturated heterocycles. The highest BCUT2D eigenvalue weighted by Crippen LogP contribution is 2.36. The molecule has 3 rings (SSSR count). The fourth-order valence-corrected chi connectivity index (χ4v) is 3.99. The van der Waals surface area contributed by atoms with Gasteiger partial charge in [0.15, 0.2) is 0 Å². The lowest BCUT2D eigenvalue weighted by Gasteiger charge is -2.13. The van der Waals surface area contributed by atoms with Crippen molar-refractivity contribution in [2.45, 2.75) is 16.0 Å². The van der Waals surface area contributed by atoms with Crippen LogP contribution in [0.1, 0.15) is 16.7 Å².